The van der Waals surface area contributed by atoms with Crippen LogP contribution >= 0.6 is 11.6 Å². The molecule has 2 N–H and O–H groups in total. The van der Waals surface area contributed by atoms with Gasteiger partial charge in [-0.25, -0.2) is 9.37 Å². The van der Waals surface area contributed by atoms with Gasteiger partial charge in [-0.15, -0.1) is 11.6 Å². The second-order valence-electron chi connectivity index (χ2n) is 11.0. The van der Waals surface area contributed by atoms with Gasteiger partial charge in [0.05, 0.1) is 6.20 Å². The van der Waals surface area contributed by atoms with Crippen molar-refractivity contribution in [2.24, 2.45) is 0 Å². The first-order chi connectivity index (χ1) is 16.5. The molecule has 0 bridgehead atoms. The number of likely N-dealkylation sites (N-methyl/N-ethyl adjacent to an activating group) is 1. The number of nitrogens with zero attached hydrogens (tertiary/aromatic N) is 5. The molecule has 2 fully saturated rings. The van der Waals surface area contributed by atoms with Gasteiger partial charge in [0.15, 0.2) is 11.6 Å². The third-order valence-corrected chi connectivity index (χ3v) is 8.13. The number of anilines is 4. The van der Waals surface area contributed by atoms with Gasteiger partial charge in [-0.3, -0.25) is 9.80 Å². The van der Waals surface area contributed by atoms with Crippen LogP contribution in [0, 0.1) is 5.82 Å². The van der Waals surface area contributed by atoms with Crippen molar-refractivity contribution in [2.45, 2.75) is 70.1 Å². The Morgan fingerprint density at radius 3 is 2.34 bits per heavy atom. The minimum absolute atomic E-state index is 0.00157. The number of rotatable bonds is 6. The molecule has 0 radical (unpaired) electrons. The Balaban J connectivity index is 1.42. The van der Waals surface area contributed by atoms with E-state index in [1.54, 1.807) is 0 Å². The van der Waals surface area contributed by atoms with E-state index in [2.05, 4.69) is 89.1 Å². The van der Waals surface area contributed by atoms with Gasteiger partial charge in [0.1, 0.15) is 5.50 Å². The van der Waals surface area contributed by atoms with Crippen molar-refractivity contribution in [2.75, 3.05) is 48.8 Å². The fourth-order valence-electron chi connectivity index (χ4n) is 5.45. The van der Waals surface area contributed by atoms with Crippen LogP contribution in [0.1, 0.15) is 47.5 Å². The number of benzene rings is 1. The van der Waals surface area contributed by atoms with E-state index in [-0.39, 0.29) is 28.4 Å². The fourth-order valence-corrected chi connectivity index (χ4v) is 5.85. The molecule has 0 saturated carbocycles. The van der Waals surface area contributed by atoms with Crippen LogP contribution in [0.4, 0.5) is 27.5 Å². The summed E-state index contributed by atoms with van der Waals surface area (Å²) in [4.78, 5) is 15.6. The molecule has 1 aromatic heterocycles. The van der Waals surface area contributed by atoms with E-state index in [1.807, 2.05) is 12.1 Å². The number of piperazine rings is 1. The molecule has 7 nitrogen and oxygen atoms in total. The van der Waals surface area contributed by atoms with Gasteiger partial charge >= 0.3 is 0 Å². The molecule has 0 aliphatic carbocycles. The van der Waals surface area contributed by atoms with Crippen LogP contribution in [0.25, 0.3) is 0 Å². The number of piperidine rings is 1. The van der Waals surface area contributed by atoms with Gasteiger partial charge < -0.3 is 15.5 Å². The summed E-state index contributed by atoms with van der Waals surface area (Å²) in [6.07, 6.45) is 3.03. The molecule has 1 unspecified atom stereocenters. The number of likely N-dealkylation sites (tertiary alicyclic amines) is 1. The van der Waals surface area contributed by atoms with E-state index in [4.69, 9.17) is 11.6 Å². The molecule has 3 heterocycles. The minimum atomic E-state index is -0.442. The van der Waals surface area contributed by atoms with Crippen LogP contribution in [-0.2, 0) is 0 Å². The van der Waals surface area contributed by atoms with Crippen molar-refractivity contribution in [1.29, 1.82) is 0 Å². The molecule has 35 heavy (non-hydrogen) atoms. The van der Waals surface area contributed by atoms with E-state index >= 15 is 0 Å². The lowest BCUT2D eigenvalue weighted by atomic mass is 9.77. The molecule has 0 amide bonds. The summed E-state index contributed by atoms with van der Waals surface area (Å²) in [5.41, 5.74) is 2.00. The van der Waals surface area contributed by atoms with Gasteiger partial charge in [0.25, 0.3) is 0 Å². The summed E-state index contributed by atoms with van der Waals surface area (Å²) in [5, 5.41) is 6.57. The Morgan fingerprint density at radius 1 is 1.09 bits per heavy atom. The molecule has 192 valence electrons. The average molecular weight is 504 g/mol. The molecule has 2 aliphatic heterocycles. The zero-order chi connectivity index (χ0) is 25.4. The summed E-state index contributed by atoms with van der Waals surface area (Å²) in [5.74, 6) is 0.162. The average Bonchev–Trinajstić information content (AvgIpc) is 2.80. The molecule has 2 saturated heterocycles. The van der Waals surface area contributed by atoms with Crippen LogP contribution in [0.5, 0.6) is 0 Å². The summed E-state index contributed by atoms with van der Waals surface area (Å²) < 4.78 is 14.6. The van der Waals surface area contributed by atoms with E-state index in [1.165, 1.54) is 6.20 Å². The summed E-state index contributed by atoms with van der Waals surface area (Å²) in [6.45, 7) is 14.7. The molecule has 9 heteroatoms. The van der Waals surface area contributed by atoms with Gasteiger partial charge in [-0.05, 0) is 78.4 Å². The van der Waals surface area contributed by atoms with Crippen molar-refractivity contribution < 1.29 is 4.39 Å². The summed E-state index contributed by atoms with van der Waals surface area (Å²) >= 11 is 6.52. The van der Waals surface area contributed by atoms with Crippen LogP contribution in [-0.4, -0.2) is 75.6 Å². The predicted octanol–water partition coefficient (Wildman–Crippen LogP) is 5.13. The molecule has 0 spiro atoms. The number of alkyl halides is 1. The number of hydrogen-bond donors (Lipinski definition) is 2. The van der Waals surface area contributed by atoms with Crippen molar-refractivity contribution >= 4 is 34.7 Å². The Morgan fingerprint density at radius 2 is 1.74 bits per heavy atom. The SMILES string of the molecule is CCN1CCN(c2ccc(Nc3ncc(F)c(NC4CC(C)(C)N(C)C(C)(C)C4)n3)cc2)CC1Cl. The maximum atomic E-state index is 14.6. The third-order valence-electron chi connectivity index (χ3n) is 7.71. The number of aromatic nitrogens is 2. The Hall–Kier alpha value is -2.16. The Kier molecular flexibility index (Phi) is 7.46. The Labute approximate surface area is 214 Å². The van der Waals surface area contributed by atoms with Crippen molar-refractivity contribution in [3.63, 3.8) is 0 Å². The van der Waals surface area contributed by atoms with Crippen LogP contribution in [0.15, 0.2) is 30.5 Å². The smallest absolute Gasteiger partial charge is 0.229 e. The number of halogens is 2. The lowest BCUT2D eigenvalue weighted by Gasteiger charge is -2.53. The van der Waals surface area contributed by atoms with Crippen molar-refractivity contribution in [3.05, 3.63) is 36.3 Å². The van der Waals surface area contributed by atoms with Gasteiger partial charge in [0.2, 0.25) is 5.95 Å². The molecule has 2 aromatic rings. The van der Waals surface area contributed by atoms with Crippen molar-refractivity contribution in [1.82, 2.24) is 19.8 Å². The Bertz CT molecular complexity index is 995. The highest BCUT2D eigenvalue weighted by Gasteiger charge is 2.43. The zero-order valence-electron chi connectivity index (χ0n) is 21.8. The van der Waals surface area contributed by atoms with Crippen LogP contribution < -0.4 is 15.5 Å². The zero-order valence-corrected chi connectivity index (χ0v) is 22.5. The first-order valence-electron chi connectivity index (χ1n) is 12.5. The van der Waals surface area contributed by atoms with Gasteiger partial charge in [0, 0.05) is 48.1 Å². The molecule has 1 atom stereocenters. The molecule has 1 aromatic carbocycles. The summed E-state index contributed by atoms with van der Waals surface area (Å²) in [6, 6.07) is 8.24. The monoisotopic (exact) mass is 503 g/mol. The van der Waals surface area contributed by atoms with Crippen molar-refractivity contribution in [3.8, 4) is 0 Å². The maximum Gasteiger partial charge on any atom is 0.229 e. The fraction of sp³-hybridized carbons (Fsp3) is 0.615. The van der Waals surface area contributed by atoms with E-state index in [0.29, 0.717) is 5.95 Å². The third kappa shape index (κ3) is 5.81. The molecule has 4 rings (SSSR count). The standard InChI is InChI=1S/C26H39ClFN7/c1-7-34-12-13-35(17-22(34)27)20-10-8-18(9-11-20)31-24-29-16-21(28)23(32-24)30-19-14-25(2,3)33(6)26(4,5)15-19/h8-11,16,19,22H,7,12-15,17H2,1-6H3,(H2,29,30,31,32). The largest absolute Gasteiger partial charge is 0.367 e. The number of nitrogens with one attached hydrogen (secondary N) is 2. The molecule has 2 aliphatic rings. The highest BCUT2D eigenvalue weighted by atomic mass is 35.5. The molecular formula is C26H39ClFN7. The second-order valence-corrected chi connectivity index (χ2v) is 11.5. The van der Waals surface area contributed by atoms with E-state index < -0.39 is 5.82 Å². The topological polar surface area (TPSA) is 59.6 Å². The highest BCUT2D eigenvalue weighted by molar-refractivity contribution is 6.20. The van der Waals surface area contributed by atoms with E-state index in [9.17, 15) is 4.39 Å². The second kappa shape index (κ2) is 10.1. The predicted molar refractivity (Wildman–Crippen MR) is 143 cm³/mol. The molecular weight excluding hydrogens is 465 g/mol. The normalized spacial score (nSPS) is 23.3. The van der Waals surface area contributed by atoms with E-state index in [0.717, 1.165) is 50.4 Å². The number of hydrogen-bond acceptors (Lipinski definition) is 7. The lowest BCUT2D eigenvalue weighted by Crippen LogP contribution is -2.61. The first-order valence-corrected chi connectivity index (χ1v) is 13.0. The van der Waals surface area contributed by atoms with Gasteiger partial charge in [-0.2, -0.15) is 4.98 Å². The quantitative estimate of drug-likeness (QED) is 0.418. The summed E-state index contributed by atoms with van der Waals surface area (Å²) in [7, 11) is 2.16. The first kappa shape index (κ1) is 25.9. The van der Waals surface area contributed by atoms with Crippen LogP contribution in [0.2, 0.25) is 0 Å². The maximum absolute atomic E-state index is 14.6. The lowest BCUT2D eigenvalue weighted by molar-refractivity contribution is -0.00778. The van der Waals surface area contributed by atoms with Crippen LogP contribution in [0.3, 0.4) is 0 Å². The minimum Gasteiger partial charge on any atom is -0.367 e. The van der Waals surface area contributed by atoms with Gasteiger partial charge in [-0.1, -0.05) is 6.92 Å². The highest BCUT2D eigenvalue weighted by Crippen LogP contribution is 2.38.